The highest BCUT2D eigenvalue weighted by molar-refractivity contribution is 6.75. The molecule has 0 unspecified atom stereocenters. The first kappa shape index (κ1) is 32.8. The molecular weight excluding hydrogens is 557 g/mol. The number of rotatable bonds is 10. The van der Waals surface area contributed by atoms with Crippen LogP contribution in [-0.2, 0) is 16.3 Å². The van der Waals surface area contributed by atoms with Crippen LogP contribution in [0.4, 0.5) is 0 Å². The van der Waals surface area contributed by atoms with E-state index in [1.54, 1.807) is 5.56 Å². The second-order valence-electron chi connectivity index (χ2n) is 17.6. The minimum absolute atomic E-state index is 0.190. The Kier molecular flexibility index (Phi) is 9.10. The lowest BCUT2D eigenvalue weighted by atomic mass is 9.48. The molecule has 0 aliphatic heterocycles. The van der Waals surface area contributed by atoms with E-state index in [9.17, 15) is 0 Å². The van der Waals surface area contributed by atoms with Gasteiger partial charge in [-0.1, -0.05) is 90.1 Å². The van der Waals surface area contributed by atoms with Crippen molar-refractivity contribution in [3.8, 4) is 5.75 Å². The SMILES string of the molecule is CC(C)(C)[Si](C)(C)OC/C(=C\CCc1ccc(O[Si](C)(C)C(C)(C)C)c(C23CC4CC(CC(C4)C2)C3)c1)c1ccccc1. The van der Waals surface area contributed by atoms with Crippen LogP contribution in [0.5, 0.6) is 5.75 Å². The molecule has 2 nitrogen and oxygen atoms in total. The molecule has 4 aliphatic carbocycles. The van der Waals surface area contributed by atoms with E-state index < -0.39 is 16.6 Å². The van der Waals surface area contributed by atoms with Gasteiger partial charge in [-0.25, -0.2) is 0 Å². The van der Waals surface area contributed by atoms with Gasteiger partial charge in [0.25, 0.3) is 0 Å². The maximum absolute atomic E-state index is 7.15. The standard InChI is InChI=1S/C39H60O2Si2/c1-37(2,3)42(7,8)40-28-34(33-16-12-11-13-17-33)18-14-15-29-19-20-36(41-43(9,10)38(4,5)6)35(24-29)39-25-30-21-31(26-39)23-32(22-30)27-39/h11-13,16-20,24,30-32H,14-15,21-23,25-28H2,1-10H3/b34-18+. The van der Waals surface area contributed by atoms with E-state index in [0.29, 0.717) is 12.0 Å². The van der Waals surface area contributed by atoms with Crippen LogP contribution in [0.25, 0.3) is 5.57 Å². The van der Waals surface area contributed by atoms with E-state index in [0.717, 1.165) is 30.6 Å². The molecule has 4 bridgehead atoms. The topological polar surface area (TPSA) is 18.5 Å². The molecule has 0 atom stereocenters. The lowest BCUT2D eigenvalue weighted by molar-refractivity contribution is -0.00589. The van der Waals surface area contributed by atoms with Crippen LogP contribution >= 0.6 is 0 Å². The van der Waals surface area contributed by atoms with Crippen molar-refractivity contribution in [1.29, 1.82) is 0 Å². The fourth-order valence-corrected chi connectivity index (χ4v) is 9.89. The third-order valence-electron chi connectivity index (χ3n) is 12.2. The summed E-state index contributed by atoms with van der Waals surface area (Å²) >= 11 is 0. The highest BCUT2D eigenvalue weighted by atomic mass is 28.4. The van der Waals surface area contributed by atoms with Crippen molar-refractivity contribution in [2.24, 2.45) is 17.8 Å². The Morgan fingerprint density at radius 3 is 1.88 bits per heavy atom. The minimum Gasteiger partial charge on any atom is -0.543 e. The summed E-state index contributed by atoms with van der Waals surface area (Å²) in [6.07, 6.45) is 13.1. The molecule has 0 heterocycles. The van der Waals surface area contributed by atoms with E-state index in [1.165, 1.54) is 61.0 Å². The summed E-state index contributed by atoms with van der Waals surface area (Å²) in [5.74, 6) is 3.98. The van der Waals surface area contributed by atoms with Gasteiger partial charge in [-0.2, -0.15) is 0 Å². The number of aryl methyl sites for hydroxylation is 1. The minimum atomic E-state index is -1.94. The highest BCUT2D eigenvalue weighted by Gasteiger charge is 2.53. The largest absolute Gasteiger partial charge is 0.543 e. The molecule has 0 saturated heterocycles. The summed E-state index contributed by atoms with van der Waals surface area (Å²) in [6.45, 7) is 24.3. The van der Waals surface area contributed by atoms with E-state index in [-0.39, 0.29) is 10.1 Å². The van der Waals surface area contributed by atoms with Gasteiger partial charge < -0.3 is 8.85 Å². The van der Waals surface area contributed by atoms with Crippen LogP contribution < -0.4 is 4.43 Å². The molecule has 2 aromatic rings. The number of hydrogen-bond acceptors (Lipinski definition) is 2. The molecule has 4 fully saturated rings. The first-order valence-corrected chi connectivity index (χ1v) is 23.0. The fourth-order valence-electron chi connectivity index (χ4n) is 7.90. The molecular formula is C39H60O2Si2. The average Bonchev–Trinajstić information content (AvgIpc) is 2.89. The van der Waals surface area contributed by atoms with Crippen molar-refractivity contribution in [2.45, 2.75) is 135 Å². The molecule has 0 amide bonds. The predicted octanol–water partition coefficient (Wildman–Crippen LogP) is 11.6. The zero-order chi connectivity index (χ0) is 31.3. The first-order valence-electron chi connectivity index (χ1n) is 17.2. The molecule has 0 N–H and O–H groups in total. The Bertz CT molecular complexity index is 1260. The molecule has 43 heavy (non-hydrogen) atoms. The molecule has 0 spiro atoms. The van der Waals surface area contributed by atoms with E-state index >= 15 is 0 Å². The number of allylic oxidation sites excluding steroid dienone is 1. The third-order valence-corrected chi connectivity index (χ3v) is 21.0. The highest BCUT2D eigenvalue weighted by Crippen LogP contribution is 2.62. The quantitative estimate of drug-likeness (QED) is 0.247. The smallest absolute Gasteiger partial charge is 0.250 e. The van der Waals surface area contributed by atoms with Crippen molar-refractivity contribution >= 4 is 22.2 Å². The van der Waals surface area contributed by atoms with Crippen molar-refractivity contribution in [2.75, 3.05) is 6.61 Å². The maximum Gasteiger partial charge on any atom is 0.250 e. The number of hydrogen-bond donors (Lipinski definition) is 0. The van der Waals surface area contributed by atoms with Crippen molar-refractivity contribution in [3.63, 3.8) is 0 Å². The second-order valence-corrected chi connectivity index (χ2v) is 27.1. The van der Waals surface area contributed by atoms with Gasteiger partial charge in [-0.3, -0.25) is 0 Å². The van der Waals surface area contributed by atoms with Gasteiger partial charge in [0.15, 0.2) is 8.32 Å². The summed E-state index contributed by atoms with van der Waals surface area (Å²) in [4.78, 5) is 0. The Labute approximate surface area is 266 Å². The maximum atomic E-state index is 7.15. The number of benzene rings is 2. The fraction of sp³-hybridized carbons (Fsp3) is 0.641. The summed E-state index contributed by atoms with van der Waals surface area (Å²) in [7, 11) is -3.78. The van der Waals surface area contributed by atoms with Crippen LogP contribution in [0.3, 0.4) is 0 Å². The van der Waals surface area contributed by atoms with E-state index in [2.05, 4.69) is 122 Å². The molecule has 4 aliphatic rings. The Balaban J connectivity index is 1.41. The van der Waals surface area contributed by atoms with Crippen LogP contribution in [-0.4, -0.2) is 23.2 Å². The predicted molar refractivity (Wildman–Crippen MR) is 190 cm³/mol. The lowest BCUT2D eigenvalue weighted by Crippen LogP contribution is -2.49. The molecule has 0 aromatic heterocycles. The van der Waals surface area contributed by atoms with E-state index in [4.69, 9.17) is 8.85 Å². The third kappa shape index (κ3) is 7.12. The second kappa shape index (κ2) is 11.9. The van der Waals surface area contributed by atoms with Crippen LogP contribution in [0.15, 0.2) is 54.6 Å². The summed E-state index contributed by atoms with van der Waals surface area (Å²) < 4.78 is 13.9. The zero-order valence-electron chi connectivity index (χ0n) is 29.1. The van der Waals surface area contributed by atoms with Crippen molar-refractivity contribution in [1.82, 2.24) is 0 Å². The summed E-state index contributed by atoms with van der Waals surface area (Å²) in [5, 5.41) is 0.395. The molecule has 0 radical (unpaired) electrons. The van der Waals surface area contributed by atoms with Gasteiger partial charge >= 0.3 is 0 Å². The zero-order valence-corrected chi connectivity index (χ0v) is 31.1. The van der Waals surface area contributed by atoms with Gasteiger partial charge in [0.2, 0.25) is 8.32 Å². The average molecular weight is 617 g/mol. The van der Waals surface area contributed by atoms with Gasteiger partial charge in [0, 0.05) is 0 Å². The molecule has 4 heteroatoms. The Morgan fingerprint density at radius 2 is 1.35 bits per heavy atom. The molecule has 6 rings (SSSR count). The normalized spacial score (nSPS) is 26.2. The summed E-state index contributed by atoms with van der Waals surface area (Å²) in [5.41, 5.74) is 5.95. The van der Waals surface area contributed by atoms with Crippen LogP contribution in [0.2, 0.25) is 36.3 Å². The van der Waals surface area contributed by atoms with E-state index in [1.807, 2.05) is 0 Å². The molecule has 2 aromatic carbocycles. The Morgan fingerprint density at radius 1 is 0.791 bits per heavy atom. The lowest BCUT2D eigenvalue weighted by Gasteiger charge is -2.57. The van der Waals surface area contributed by atoms with Gasteiger partial charge in [-0.05, 0) is 139 Å². The van der Waals surface area contributed by atoms with Gasteiger partial charge in [0.1, 0.15) is 5.75 Å². The molecule has 236 valence electrons. The van der Waals surface area contributed by atoms with Crippen molar-refractivity contribution in [3.05, 3.63) is 71.3 Å². The molecule has 4 saturated carbocycles. The van der Waals surface area contributed by atoms with Crippen LogP contribution in [0.1, 0.15) is 103 Å². The first-order chi connectivity index (χ1) is 20.0. The van der Waals surface area contributed by atoms with Gasteiger partial charge in [-0.15, -0.1) is 0 Å². The van der Waals surface area contributed by atoms with Crippen molar-refractivity contribution < 1.29 is 8.85 Å². The monoisotopic (exact) mass is 616 g/mol. The summed E-state index contributed by atoms with van der Waals surface area (Å²) in [6, 6.07) is 18.2. The van der Waals surface area contributed by atoms with Gasteiger partial charge in [0.05, 0.1) is 6.61 Å². The Hall–Kier alpha value is -1.63. The van der Waals surface area contributed by atoms with Crippen LogP contribution in [0, 0.1) is 17.8 Å².